The topological polar surface area (TPSA) is 48.2 Å². The van der Waals surface area contributed by atoms with Gasteiger partial charge in [0.25, 0.3) is 5.22 Å². The van der Waals surface area contributed by atoms with E-state index in [1.807, 2.05) is 31.2 Å². The normalized spacial score (nSPS) is 10.8. The Hall–Kier alpha value is -1.69. The Morgan fingerprint density at radius 2 is 1.75 bits per heavy atom. The van der Waals surface area contributed by atoms with Crippen LogP contribution in [-0.2, 0) is 0 Å². The van der Waals surface area contributed by atoms with Gasteiger partial charge in [-0.3, -0.25) is 0 Å². The van der Waals surface area contributed by atoms with E-state index in [2.05, 4.69) is 10.2 Å². The zero-order valence-electron chi connectivity index (χ0n) is 12.8. The number of rotatable bonds is 6. The molecule has 0 aliphatic rings. The Kier molecular flexibility index (Phi) is 5.66. The number of hydrogen-bond acceptors (Lipinski definition) is 5. The lowest BCUT2D eigenvalue weighted by Gasteiger charge is -2.08. The number of aryl methyl sites for hydroxylation is 1. The van der Waals surface area contributed by atoms with Crippen LogP contribution in [0.4, 0.5) is 0 Å². The van der Waals surface area contributed by atoms with Crippen molar-refractivity contribution < 1.29 is 9.15 Å². The molecule has 0 bridgehead atoms. The first-order valence-corrected chi connectivity index (χ1v) is 8.98. The number of ether oxygens (including phenoxy) is 1. The Morgan fingerprint density at radius 1 is 1.04 bits per heavy atom. The van der Waals surface area contributed by atoms with E-state index in [1.165, 1.54) is 17.3 Å². The fraction of sp³-hybridized carbons (Fsp3) is 0.176. The van der Waals surface area contributed by atoms with E-state index in [0.29, 0.717) is 39.3 Å². The third kappa shape index (κ3) is 4.23. The van der Waals surface area contributed by atoms with Crippen LogP contribution in [-0.4, -0.2) is 22.6 Å². The Labute approximate surface area is 154 Å². The molecule has 0 saturated carbocycles. The molecule has 0 spiro atoms. The summed E-state index contributed by atoms with van der Waals surface area (Å²) in [5.74, 6) is 1.64. The first kappa shape index (κ1) is 17.1. The largest absolute Gasteiger partial charge is 0.490 e. The van der Waals surface area contributed by atoms with Gasteiger partial charge in [-0.1, -0.05) is 58.7 Å². The predicted molar refractivity (Wildman–Crippen MR) is 97.2 cm³/mol. The van der Waals surface area contributed by atoms with Gasteiger partial charge in [-0.15, -0.1) is 10.2 Å². The molecule has 1 aromatic heterocycles. The van der Waals surface area contributed by atoms with Crippen molar-refractivity contribution in [1.82, 2.24) is 10.2 Å². The van der Waals surface area contributed by atoms with Crippen molar-refractivity contribution in [3.63, 3.8) is 0 Å². The molecule has 3 rings (SSSR count). The summed E-state index contributed by atoms with van der Waals surface area (Å²) >= 11 is 13.5. The number of para-hydroxylation sites is 1. The van der Waals surface area contributed by atoms with E-state index in [9.17, 15) is 0 Å². The standard InChI is InChI=1S/C17H14Cl2N2O2S/c1-11-5-7-12(8-6-11)16-20-21-17(23-16)24-10-9-22-15-13(18)3-2-4-14(15)19/h2-8H,9-10H2,1H3. The van der Waals surface area contributed by atoms with Crippen LogP contribution in [0.15, 0.2) is 52.1 Å². The maximum absolute atomic E-state index is 6.05. The maximum atomic E-state index is 6.05. The first-order chi connectivity index (χ1) is 11.6. The highest BCUT2D eigenvalue weighted by atomic mass is 35.5. The van der Waals surface area contributed by atoms with Crippen LogP contribution < -0.4 is 4.74 Å². The van der Waals surface area contributed by atoms with Crippen molar-refractivity contribution in [3.8, 4) is 17.2 Å². The van der Waals surface area contributed by atoms with Gasteiger partial charge in [-0.05, 0) is 31.2 Å². The van der Waals surface area contributed by atoms with E-state index >= 15 is 0 Å². The zero-order chi connectivity index (χ0) is 16.9. The SMILES string of the molecule is Cc1ccc(-c2nnc(SCCOc3c(Cl)cccc3Cl)o2)cc1. The van der Waals surface area contributed by atoms with Crippen LogP contribution >= 0.6 is 35.0 Å². The number of hydrogen-bond donors (Lipinski definition) is 0. The van der Waals surface area contributed by atoms with Crippen molar-refractivity contribution in [2.75, 3.05) is 12.4 Å². The number of thioether (sulfide) groups is 1. The van der Waals surface area contributed by atoms with Gasteiger partial charge < -0.3 is 9.15 Å². The molecule has 124 valence electrons. The summed E-state index contributed by atoms with van der Waals surface area (Å²) in [7, 11) is 0. The quantitative estimate of drug-likeness (QED) is 0.415. The number of halogens is 2. The second-order valence-electron chi connectivity index (χ2n) is 4.99. The second-order valence-corrected chi connectivity index (χ2v) is 6.85. The highest BCUT2D eigenvalue weighted by Crippen LogP contribution is 2.32. The van der Waals surface area contributed by atoms with E-state index in [-0.39, 0.29) is 0 Å². The molecule has 0 amide bonds. The number of benzene rings is 2. The van der Waals surface area contributed by atoms with Gasteiger partial charge in [0, 0.05) is 11.3 Å². The lowest BCUT2D eigenvalue weighted by atomic mass is 10.1. The van der Waals surface area contributed by atoms with E-state index in [1.54, 1.807) is 18.2 Å². The lowest BCUT2D eigenvalue weighted by molar-refractivity contribution is 0.343. The molecule has 24 heavy (non-hydrogen) atoms. The summed E-state index contributed by atoms with van der Waals surface area (Å²) in [6.07, 6.45) is 0. The second kappa shape index (κ2) is 7.92. The highest BCUT2D eigenvalue weighted by molar-refractivity contribution is 7.99. The molecule has 4 nitrogen and oxygen atoms in total. The third-order valence-electron chi connectivity index (χ3n) is 3.18. The van der Waals surface area contributed by atoms with Crippen molar-refractivity contribution in [3.05, 3.63) is 58.1 Å². The fourth-order valence-electron chi connectivity index (χ4n) is 1.97. The van der Waals surface area contributed by atoms with Crippen molar-refractivity contribution in [2.45, 2.75) is 12.1 Å². The average molecular weight is 381 g/mol. The van der Waals surface area contributed by atoms with Crippen molar-refractivity contribution in [2.24, 2.45) is 0 Å². The van der Waals surface area contributed by atoms with Gasteiger partial charge in [0.1, 0.15) is 0 Å². The summed E-state index contributed by atoms with van der Waals surface area (Å²) in [5.41, 5.74) is 2.09. The molecule has 7 heteroatoms. The summed E-state index contributed by atoms with van der Waals surface area (Å²) in [6, 6.07) is 13.2. The van der Waals surface area contributed by atoms with Gasteiger partial charge in [0.05, 0.1) is 16.7 Å². The minimum Gasteiger partial charge on any atom is -0.490 e. The molecule has 2 aromatic carbocycles. The van der Waals surface area contributed by atoms with Crippen LogP contribution in [0.2, 0.25) is 10.0 Å². The van der Waals surface area contributed by atoms with Gasteiger partial charge in [0.2, 0.25) is 5.89 Å². The summed E-state index contributed by atoms with van der Waals surface area (Å²) in [5, 5.41) is 9.58. The van der Waals surface area contributed by atoms with E-state index in [0.717, 1.165) is 5.56 Å². The zero-order valence-corrected chi connectivity index (χ0v) is 15.2. The molecule has 0 radical (unpaired) electrons. The lowest BCUT2D eigenvalue weighted by Crippen LogP contribution is -2.01. The average Bonchev–Trinajstić information content (AvgIpc) is 3.03. The van der Waals surface area contributed by atoms with Gasteiger partial charge in [0.15, 0.2) is 5.75 Å². The van der Waals surface area contributed by atoms with Crippen LogP contribution in [0.1, 0.15) is 5.56 Å². The minimum atomic E-state index is 0.427. The summed E-state index contributed by atoms with van der Waals surface area (Å²) < 4.78 is 11.3. The fourth-order valence-corrected chi connectivity index (χ4v) is 3.06. The molecule has 1 heterocycles. The molecule has 0 aliphatic carbocycles. The predicted octanol–water partition coefficient (Wildman–Crippen LogP) is 5.52. The smallest absolute Gasteiger partial charge is 0.276 e. The Bertz CT molecular complexity index is 801. The highest BCUT2D eigenvalue weighted by Gasteiger charge is 2.10. The molecule has 0 saturated heterocycles. The molecule has 0 aliphatic heterocycles. The Balaban J connectivity index is 1.53. The summed E-state index contributed by atoms with van der Waals surface area (Å²) in [6.45, 7) is 2.46. The maximum Gasteiger partial charge on any atom is 0.276 e. The molecule has 0 N–H and O–H groups in total. The number of aromatic nitrogens is 2. The van der Waals surface area contributed by atoms with Crippen LogP contribution in [0.5, 0.6) is 5.75 Å². The molecular weight excluding hydrogens is 367 g/mol. The van der Waals surface area contributed by atoms with Crippen molar-refractivity contribution >= 4 is 35.0 Å². The van der Waals surface area contributed by atoms with Crippen LogP contribution in [0.3, 0.4) is 0 Å². The van der Waals surface area contributed by atoms with Gasteiger partial charge in [-0.2, -0.15) is 0 Å². The molecular formula is C17H14Cl2N2O2S. The minimum absolute atomic E-state index is 0.427. The van der Waals surface area contributed by atoms with E-state index < -0.39 is 0 Å². The Morgan fingerprint density at radius 3 is 2.46 bits per heavy atom. The molecule has 3 aromatic rings. The number of nitrogens with zero attached hydrogens (tertiary/aromatic N) is 2. The molecule has 0 fully saturated rings. The van der Waals surface area contributed by atoms with Crippen LogP contribution in [0.25, 0.3) is 11.5 Å². The van der Waals surface area contributed by atoms with Crippen LogP contribution in [0, 0.1) is 6.92 Å². The summed E-state index contributed by atoms with van der Waals surface area (Å²) in [4.78, 5) is 0. The molecule has 0 unspecified atom stereocenters. The monoisotopic (exact) mass is 380 g/mol. The van der Waals surface area contributed by atoms with Gasteiger partial charge in [-0.25, -0.2) is 0 Å². The van der Waals surface area contributed by atoms with E-state index in [4.69, 9.17) is 32.4 Å². The molecule has 0 atom stereocenters. The first-order valence-electron chi connectivity index (χ1n) is 7.23. The van der Waals surface area contributed by atoms with Crippen molar-refractivity contribution in [1.29, 1.82) is 0 Å². The van der Waals surface area contributed by atoms with Gasteiger partial charge >= 0.3 is 0 Å². The third-order valence-corrected chi connectivity index (χ3v) is 4.56.